The zero-order valence-corrected chi connectivity index (χ0v) is 10.6. The van der Waals surface area contributed by atoms with Gasteiger partial charge in [-0.05, 0) is 17.8 Å². The Balaban J connectivity index is 3.63. The largest absolute Gasteiger partial charge is 0.393 e. The third-order valence-corrected chi connectivity index (χ3v) is 3.24. The average Bonchev–Trinajstić information content (AvgIpc) is 2.10. The molecule has 0 saturated heterocycles. The van der Waals surface area contributed by atoms with Gasteiger partial charge >= 0.3 is 0 Å². The summed E-state index contributed by atoms with van der Waals surface area (Å²) >= 11 is 0. The molecular formula is C13H28O. The fraction of sp³-hybridized carbons (Fsp3) is 1.00. The first-order valence-electron chi connectivity index (χ1n) is 6.09. The van der Waals surface area contributed by atoms with Crippen LogP contribution in [0.15, 0.2) is 0 Å². The van der Waals surface area contributed by atoms with Crippen LogP contribution in [0.2, 0.25) is 0 Å². The topological polar surface area (TPSA) is 20.2 Å². The molecule has 0 bridgehead atoms. The van der Waals surface area contributed by atoms with E-state index in [1.54, 1.807) is 0 Å². The molecule has 0 amide bonds. The van der Waals surface area contributed by atoms with Gasteiger partial charge in [0.25, 0.3) is 0 Å². The molecule has 1 atom stereocenters. The van der Waals surface area contributed by atoms with Crippen LogP contribution >= 0.6 is 0 Å². The van der Waals surface area contributed by atoms with E-state index < -0.39 is 0 Å². The molecule has 0 radical (unpaired) electrons. The predicted octanol–water partition coefficient (Wildman–Crippen LogP) is 4.00. The highest BCUT2D eigenvalue weighted by atomic mass is 16.3. The van der Waals surface area contributed by atoms with E-state index in [1.807, 2.05) is 0 Å². The number of rotatable bonds is 6. The maximum absolute atomic E-state index is 9.84. The van der Waals surface area contributed by atoms with Gasteiger partial charge in [0.05, 0.1) is 6.10 Å². The minimum atomic E-state index is -0.142. The van der Waals surface area contributed by atoms with Crippen molar-refractivity contribution in [3.05, 3.63) is 0 Å². The lowest BCUT2D eigenvalue weighted by Gasteiger charge is -2.26. The van der Waals surface area contributed by atoms with Crippen LogP contribution in [0.1, 0.15) is 66.7 Å². The molecule has 0 aliphatic heterocycles. The molecule has 0 rings (SSSR count). The predicted molar refractivity (Wildman–Crippen MR) is 63.4 cm³/mol. The molecule has 0 aromatic rings. The van der Waals surface area contributed by atoms with Crippen molar-refractivity contribution in [3.63, 3.8) is 0 Å². The monoisotopic (exact) mass is 200 g/mol. The highest BCUT2D eigenvalue weighted by molar-refractivity contribution is 4.72. The molecule has 0 aromatic heterocycles. The molecule has 14 heavy (non-hydrogen) atoms. The van der Waals surface area contributed by atoms with Gasteiger partial charge in [0.15, 0.2) is 0 Å². The lowest BCUT2D eigenvalue weighted by molar-refractivity contribution is 0.0523. The summed E-state index contributed by atoms with van der Waals surface area (Å²) in [7, 11) is 0. The molecular weight excluding hydrogens is 172 g/mol. The van der Waals surface area contributed by atoms with Crippen LogP contribution in [0.4, 0.5) is 0 Å². The zero-order chi connectivity index (χ0) is 11.2. The maximum atomic E-state index is 9.84. The summed E-state index contributed by atoms with van der Waals surface area (Å²) in [4.78, 5) is 0. The van der Waals surface area contributed by atoms with Crippen molar-refractivity contribution in [2.45, 2.75) is 72.8 Å². The summed E-state index contributed by atoms with van der Waals surface area (Å²) in [5.41, 5.74) is 0.0495. The Kier molecular flexibility index (Phi) is 6.43. The minimum absolute atomic E-state index is 0.0495. The van der Waals surface area contributed by atoms with Crippen molar-refractivity contribution in [2.24, 2.45) is 11.3 Å². The molecule has 86 valence electrons. The molecule has 0 spiro atoms. The Morgan fingerprint density at radius 1 is 1.00 bits per heavy atom. The standard InChI is InChI=1S/C13H28O/c1-6-11(7-2)9-8-10-12(14)13(3,4)5/h11-12,14H,6-10H2,1-5H3. The van der Waals surface area contributed by atoms with Gasteiger partial charge in [0, 0.05) is 0 Å². The fourth-order valence-corrected chi connectivity index (χ4v) is 1.73. The Bertz CT molecular complexity index is 131. The molecule has 1 nitrogen and oxygen atoms in total. The SMILES string of the molecule is CCC(CC)CCCC(O)C(C)(C)C. The van der Waals surface area contributed by atoms with Crippen molar-refractivity contribution in [2.75, 3.05) is 0 Å². The Morgan fingerprint density at radius 2 is 1.50 bits per heavy atom. The molecule has 0 fully saturated rings. The van der Waals surface area contributed by atoms with Crippen molar-refractivity contribution >= 4 is 0 Å². The number of hydrogen-bond donors (Lipinski definition) is 1. The molecule has 0 aliphatic rings. The summed E-state index contributed by atoms with van der Waals surface area (Å²) < 4.78 is 0. The van der Waals surface area contributed by atoms with Gasteiger partial charge in [-0.1, -0.05) is 60.3 Å². The average molecular weight is 200 g/mol. The molecule has 1 N–H and O–H groups in total. The van der Waals surface area contributed by atoms with Gasteiger partial charge in [-0.3, -0.25) is 0 Å². The van der Waals surface area contributed by atoms with E-state index in [2.05, 4.69) is 34.6 Å². The van der Waals surface area contributed by atoms with E-state index in [1.165, 1.54) is 25.7 Å². The van der Waals surface area contributed by atoms with Crippen LogP contribution in [-0.4, -0.2) is 11.2 Å². The lowest BCUT2D eigenvalue weighted by Crippen LogP contribution is -2.25. The third-order valence-electron chi connectivity index (χ3n) is 3.24. The summed E-state index contributed by atoms with van der Waals surface area (Å²) in [6.07, 6.45) is 5.83. The van der Waals surface area contributed by atoms with Gasteiger partial charge < -0.3 is 5.11 Å². The second kappa shape index (κ2) is 6.44. The van der Waals surface area contributed by atoms with Crippen LogP contribution in [0.25, 0.3) is 0 Å². The maximum Gasteiger partial charge on any atom is 0.0588 e. The van der Waals surface area contributed by atoms with Gasteiger partial charge in [0.1, 0.15) is 0 Å². The van der Waals surface area contributed by atoms with Gasteiger partial charge in [0.2, 0.25) is 0 Å². The van der Waals surface area contributed by atoms with Crippen LogP contribution < -0.4 is 0 Å². The van der Waals surface area contributed by atoms with E-state index in [9.17, 15) is 5.11 Å². The van der Waals surface area contributed by atoms with Crippen molar-refractivity contribution in [1.29, 1.82) is 0 Å². The third kappa shape index (κ3) is 5.64. The molecule has 1 heteroatoms. The van der Waals surface area contributed by atoms with Crippen molar-refractivity contribution < 1.29 is 5.11 Å². The second-order valence-electron chi connectivity index (χ2n) is 5.50. The first-order valence-corrected chi connectivity index (χ1v) is 6.09. The van der Waals surface area contributed by atoms with E-state index in [4.69, 9.17) is 0 Å². The second-order valence-corrected chi connectivity index (χ2v) is 5.50. The van der Waals surface area contributed by atoms with Crippen LogP contribution in [-0.2, 0) is 0 Å². The number of aliphatic hydroxyl groups excluding tert-OH is 1. The van der Waals surface area contributed by atoms with E-state index in [0.29, 0.717) is 0 Å². The Morgan fingerprint density at radius 3 is 1.86 bits per heavy atom. The van der Waals surface area contributed by atoms with Crippen LogP contribution in [0.3, 0.4) is 0 Å². The smallest absolute Gasteiger partial charge is 0.0588 e. The number of aliphatic hydroxyl groups is 1. The van der Waals surface area contributed by atoms with Crippen molar-refractivity contribution in [3.8, 4) is 0 Å². The van der Waals surface area contributed by atoms with E-state index in [0.717, 1.165) is 12.3 Å². The highest BCUT2D eigenvalue weighted by Gasteiger charge is 2.21. The summed E-state index contributed by atoms with van der Waals surface area (Å²) in [5, 5.41) is 9.84. The molecule has 1 unspecified atom stereocenters. The first-order chi connectivity index (χ1) is 6.41. The molecule has 0 saturated carbocycles. The molecule has 0 aliphatic carbocycles. The van der Waals surface area contributed by atoms with Gasteiger partial charge in [-0.25, -0.2) is 0 Å². The summed E-state index contributed by atoms with van der Waals surface area (Å²) in [6, 6.07) is 0. The summed E-state index contributed by atoms with van der Waals surface area (Å²) in [5.74, 6) is 0.863. The van der Waals surface area contributed by atoms with Gasteiger partial charge in [-0.15, -0.1) is 0 Å². The normalized spacial score (nSPS) is 14.8. The summed E-state index contributed by atoms with van der Waals surface area (Å²) in [6.45, 7) is 10.8. The fourth-order valence-electron chi connectivity index (χ4n) is 1.73. The quantitative estimate of drug-likeness (QED) is 0.687. The van der Waals surface area contributed by atoms with Gasteiger partial charge in [-0.2, -0.15) is 0 Å². The van der Waals surface area contributed by atoms with E-state index >= 15 is 0 Å². The first kappa shape index (κ1) is 14.0. The molecule has 0 aromatic carbocycles. The molecule has 0 heterocycles. The van der Waals surface area contributed by atoms with E-state index in [-0.39, 0.29) is 11.5 Å². The minimum Gasteiger partial charge on any atom is -0.393 e. The lowest BCUT2D eigenvalue weighted by atomic mass is 9.85. The van der Waals surface area contributed by atoms with Crippen LogP contribution in [0.5, 0.6) is 0 Å². The van der Waals surface area contributed by atoms with Crippen molar-refractivity contribution in [1.82, 2.24) is 0 Å². The van der Waals surface area contributed by atoms with Crippen LogP contribution in [0, 0.1) is 11.3 Å². The highest BCUT2D eigenvalue weighted by Crippen LogP contribution is 2.25. The Hall–Kier alpha value is -0.0400. The number of hydrogen-bond acceptors (Lipinski definition) is 1. The Labute approximate surface area is 89.9 Å². The zero-order valence-electron chi connectivity index (χ0n) is 10.6.